The van der Waals surface area contributed by atoms with E-state index in [1.165, 1.54) is 0 Å². The highest BCUT2D eigenvalue weighted by Gasteiger charge is 2.27. The summed E-state index contributed by atoms with van der Waals surface area (Å²) in [6.07, 6.45) is 4.02. The molecular formula is C16H17N5OS2. The lowest BCUT2D eigenvalue weighted by Gasteiger charge is -2.24. The summed E-state index contributed by atoms with van der Waals surface area (Å²) in [6, 6.07) is 6.09. The minimum absolute atomic E-state index is 0.139. The van der Waals surface area contributed by atoms with Gasteiger partial charge in [0.15, 0.2) is 10.8 Å². The number of aromatic nitrogens is 3. The summed E-state index contributed by atoms with van der Waals surface area (Å²) in [7, 11) is 0. The molecule has 0 saturated carbocycles. The zero-order chi connectivity index (χ0) is 16.4. The van der Waals surface area contributed by atoms with Gasteiger partial charge in [0.2, 0.25) is 0 Å². The molecule has 6 nitrogen and oxygen atoms in total. The summed E-state index contributed by atoms with van der Waals surface area (Å²) in [5, 5.41) is 15.1. The zero-order valence-electron chi connectivity index (χ0n) is 12.9. The fourth-order valence-corrected chi connectivity index (χ4v) is 4.39. The van der Waals surface area contributed by atoms with Crippen molar-refractivity contribution in [2.45, 2.75) is 18.9 Å². The molecule has 0 aliphatic carbocycles. The first kappa shape index (κ1) is 15.3. The van der Waals surface area contributed by atoms with E-state index in [0.717, 1.165) is 35.1 Å². The molecule has 0 aromatic carbocycles. The molecule has 0 spiro atoms. The lowest BCUT2D eigenvalue weighted by molar-refractivity contribution is 0.0946. The molecule has 1 unspecified atom stereocenters. The topological polar surface area (TPSA) is 73.9 Å². The van der Waals surface area contributed by atoms with Crippen molar-refractivity contribution in [3.8, 4) is 10.6 Å². The average molecular weight is 359 g/mol. The predicted molar refractivity (Wildman–Crippen MR) is 96.7 cm³/mol. The highest BCUT2D eigenvalue weighted by atomic mass is 32.1. The smallest absolute Gasteiger partial charge is 0.271 e. The van der Waals surface area contributed by atoms with Crippen LogP contribution in [-0.2, 0) is 0 Å². The normalized spacial score (nSPS) is 17.3. The minimum Gasteiger partial charge on any atom is -0.349 e. The summed E-state index contributed by atoms with van der Waals surface area (Å²) in [5.41, 5.74) is 1.30. The number of hydrogen-bond acceptors (Lipinski definition) is 6. The minimum atomic E-state index is -0.139. The molecule has 24 heavy (non-hydrogen) atoms. The predicted octanol–water partition coefficient (Wildman–Crippen LogP) is 2.99. The van der Waals surface area contributed by atoms with E-state index in [2.05, 4.69) is 25.4 Å². The molecule has 1 aliphatic heterocycles. The monoisotopic (exact) mass is 359 g/mol. The molecule has 4 rings (SSSR count). The molecular weight excluding hydrogens is 342 g/mol. The number of aromatic amines is 1. The number of H-pyrrole nitrogens is 1. The third-order valence-electron chi connectivity index (χ3n) is 4.14. The second-order valence-corrected chi connectivity index (χ2v) is 7.48. The number of amides is 1. The molecule has 1 amide bonds. The second-order valence-electron chi connectivity index (χ2n) is 5.66. The maximum Gasteiger partial charge on any atom is 0.271 e. The van der Waals surface area contributed by atoms with Gasteiger partial charge >= 0.3 is 0 Å². The van der Waals surface area contributed by atoms with Gasteiger partial charge in [-0.1, -0.05) is 6.07 Å². The summed E-state index contributed by atoms with van der Waals surface area (Å²) in [5.74, 6) is -0.139. The zero-order valence-corrected chi connectivity index (χ0v) is 14.6. The van der Waals surface area contributed by atoms with E-state index in [9.17, 15) is 4.79 Å². The Labute approximate surface area is 147 Å². The number of thiophene rings is 1. The number of anilines is 1. The van der Waals surface area contributed by atoms with Crippen LogP contribution in [-0.4, -0.2) is 40.2 Å². The SMILES string of the molecule is O=C(NCC1CCCN1c1nccs1)c1cc(-c2cccs2)[nH]n1. The molecule has 3 aromatic rings. The van der Waals surface area contributed by atoms with Crippen LogP contribution < -0.4 is 10.2 Å². The fraction of sp³-hybridized carbons (Fsp3) is 0.312. The molecule has 124 valence electrons. The molecule has 1 aliphatic rings. The highest BCUT2D eigenvalue weighted by Crippen LogP contribution is 2.27. The van der Waals surface area contributed by atoms with Crippen LogP contribution in [0.3, 0.4) is 0 Å². The van der Waals surface area contributed by atoms with Crippen molar-refractivity contribution >= 4 is 33.7 Å². The van der Waals surface area contributed by atoms with Crippen molar-refractivity contribution in [2.24, 2.45) is 0 Å². The van der Waals surface area contributed by atoms with Gasteiger partial charge in [-0.05, 0) is 30.4 Å². The van der Waals surface area contributed by atoms with E-state index in [4.69, 9.17) is 0 Å². The molecule has 4 heterocycles. The van der Waals surface area contributed by atoms with E-state index in [1.807, 2.05) is 29.1 Å². The van der Waals surface area contributed by atoms with Gasteiger partial charge in [-0.15, -0.1) is 22.7 Å². The number of nitrogens with zero attached hydrogens (tertiary/aromatic N) is 3. The Hall–Kier alpha value is -2.19. The van der Waals surface area contributed by atoms with E-state index >= 15 is 0 Å². The van der Waals surface area contributed by atoms with Gasteiger partial charge in [0.05, 0.1) is 10.6 Å². The van der Waals surface area contributed by atoms with Gasteiger partial charge in [-0.3, -0.25) is 9.89 Å². The molecule has 0 bridgehead atoms. The maximum atomic E-state index is 12.4. The van der Waals surface area contributed by atoms with Gasteiger partial charge in [-0.25, -0.2) is 4.98 Å². The summed E-state index contributed by atoms with van der Waals surface area (Å²) in [6.45, 7) is 1.61. The number of carbonyl (C=O) groups excluding carboxylic acids is 1. The quantitative estimate of drug-likeness (QED) is 0.734. The fourth-order valence-electron chi connectivity index (χ4n) is 2.95. The standard InChI is InChI=1S/C16H17N5OS2/c22-15(13-9-12(19-20-13)14-4-2-7-23-14)18-10-11-3-1-6-21(11)16-17-5-8-24-16/h2,4-5,7-9,11H,1,3,6,10H2,(H,18,22)(H,19,20). The van der Waals surface area contributed by atoms with Crippen LogP contribution in [0.1, 0.15) is 23.3 Å². The van der Waals surface area contributed by atoms with Crippen molar-refractivity contribution in [2.75, 3.05) is 18.0 Å². The average Bonchev–Trinajstić information content (AvgIpc) is 3.40. The van der Waals surface area contributed by atoms with Crippen molar-refractivity contribution in [3.05, 3.63) is 40.8 Å². The Morgan fingerprint density at radius 3 is 3.17 bits per heavy atom. The molecule has 0 radical (unpaired) electrons. The second kappa shape index (κ2) is 6.74. The van der Waals surface area contributed by atoms with Crippen LogP contribution in [0.15, 0.2) is 35.2 Å². The Morgan fingerprint density at radius 2 is 2.38 bits per heavy atom. The number of hydrogen-bond donors (Lipinski definition) is 2. The van der Waals surface area contributed by atoms with Gasteiger partial charge in [-0.2, -0.15) is 5.10 Å². The van der Waals surface area contributed by atoms with Crippen LogP contribution in [0.25, 0.3) is 10.6 Å². The lowest BCUT2D eigenvalue weighted by atomic mass is 10.2. The highest BCUT2D eigenvalue weighted by molar-refractivity contribution is 7.13. The van der Waals surface area contributed by atoms with Crippen LogP contribution in [0.5, 0.6) is 0 Å². The molecule has 1 fully saturated rings. The maximum absolute atomic E-state index is 12.4. The summed E-state index contributed by atoms with van der Waals surface area (Å²) in [4.78, 5) is 20.1. The van der Waals surface area contributed by atoms with E-state index < -0.39 is 0 Å². The molecule has 8 heteroatoms. The van der Waals surface area contributed by atoms with Gasteiger partial charge in [0.25, 0.3) is 5.91 Å². The Bertz CT molecular complexity index is 796. The van der Waals surface area contributed by atoms with Gasteiger partial charge in [0.1, 0.15) is 0 Å². The largest absolute Gasteiger partial charge is 0.349 e. The number of carbonyl (C=O) groups is 1. The molecule has 1 saturated heterocycles. The van der Waals surface area contributed by atoms with Gasteiger partial charge < -0.3 is 10.2 Å². The first-order valence-corrected chi connectivity index (χ1v) is 9.61. The van der Waals surface area contributed by atoms with Crippen LogP contribution in [0.2, 0.25) is 0 Å². The van der Waals surface area contributed by atoms with Crippen LogP contribution in [0, 0.1) is 0 Å². The molecule has 3 aromatic heterocycles. The number of rotatable bonds is 5. The Kier molecular flexibility index (Phi) is 4.31. The number of thiazole rings is 1. The van der Waals surface area contributed by atoms with Crippen molar-refractivity contribution < 1.29 is 4.79 Å². The first-order valence-electron chi connectivity index (χ1n) is 7.85. The van der Waals surface area contributed by atoms with Crippen molar-refractivity contribution in [1.29, 1.82) is 0 Å². The van der Waals surface area contributed by atoms with Crippen LogP contribution >= 0.6 is 22.7 Å². The van der Waals surface area contributed by atoms with E-state index in [1.54, 1.807) is 28.7 Å². The summed E-state index contributed by atoms with van der Waals surface area (Å²) < 4.78 is 0. The van der Waals surface area contributed by atoms with E-state index in [0.29, 0.717) is 18.3 Å². The third-order valence-corrected chi connectivity index (χ3v) is 5.85. The summed E-state index contributed by atoms with van der Waals surface area (Å²) >= 11 is 3.26. The van der Waals surface area contributed by atoms with Crippen molar-refractivity contribution in [3.63, 3.8) is 0 Å². The molecule has 1 atom stereocenters. The first-order chi connectivity index (χ1) is 11.8. The van der Waals surface area contributed by atoms with E-state index in [-0.39, 0.29) is 5.91 Å². The van der Waals surface area contributed by atoms with Crippen LogP contribution in [0.4, 0.5) is 5.13 Å². The van der Waals surface area contributed by atoms with Crippen molar-refractivity contribution in [1.82, 2.24) is 20.5 Å². The Balaban J connectivity index is 1.38. The third kappa shape index (κ3) is 3.07. The Morgan fingerprint density at radius 1 is 1.42 bits per heavy atom. The number of nitrogens with one attached hydrogen (secondary N) is 2. The lowest BCUT2D eigenvalue weighted by Crippen LogP contribution is -2.40. The van der Waals surface area contributed by atoms with Gasteiger partial charge in [0, 0.05) is 30.7 Å². The molecule has 2 N–H and O–H groups in total.